The molecule has 1 rings (SSSR count). The number of rotatable bonds is 3. The topological polar surface area (TPSA) is 20.3 Å². The molecule has 12 heavy (non-hydrogen) atoms. The Kier molecular flexibility index (Phi) is 3.32. The van der Waals surface area contributed by atoms with Crippen molar-refractivity contribution < 1.29 is 4.79 Å². The minimum absolute atomic E-state index is 0.623. The third-order valence-electron chi connectivity index (χ3n) is 2.58. The lowest BCUT2D eigenvalue weighted by Gasteiger charge is -2.32. The summed E-state index contributed by atoms with van der Waals surface area (Å²) in [6.45, 7) is 8.10. The van der Waals surface area contributed by atoms with E-state index in [4.69, 9.17) is 0 Å². The van der Waals surface area contributed by atoms with Crippen molar-refractivity contribution in [1.82, 2.24) is 4.90 Å². The van der Waals surface area contributed by atoms with Gasteiger partial charge in [-0.1, -0.05) is 6.58 Å². The fourth-order valence-electron chi connectivity index (χ4n) is 1.69. The van der Waals surface area contributed by atoms with Gasteiger partial charge in [0.2, 0.25) is 0 Å². The van der Waals surface area contributed by atoms with Crippen LogP contribution in [0.1, 0.15) is 26.2 Å². The molecule has 68 valence electrons. The van der Waals surface area contributed by atoms with Crippen LogP contribution in [0.2, 0.25) is 0 Å². The van der Waals surface area contributed by atoms with Crippen LogP contribution < -0.4 is 0 Å². The summed E-state index contributed by atoms with van der Waals surface area (Å²) in [5.41, 5.74) is 1.15. The quantitative estimate of drug-likeness (QED) is 0.598. The van der Waals surface area contributed by atoms with Crippen LogP contribution in [0, 0.1) is 5.92 Å². The van der Waals surface area contributed by atoms with Crippen LogP contribution in [0.5, 0.6) is 0 Å². The van der Waals surface area contributed by atoms with Crippen LogP contribution in [-0.2, 0) is 4.79 Å². The minimum Gasteiger partial charge on any atom is -0.376 e. The van der Waals surface area contributed by atoms with Crippen LogP contribution in [-0.4, -0.2) is 24.3 Å². The summed E-state index contributed by atoms with van der Waals surface area (Å²) in [5, 5.41) is 0. The van der Waals surface area contributed by atoms with E-state index < -0.39 is 0 Å². The van der Waals surface area contributed by atoms with Crippen LogP contribution in [0.15, 0.2) is 12.3 Å². The number of carbonyl (C=O) groups is 1. The monoisotopic (exact) mass is 167 g/mol. The van der Waals surface area contributed by atoms with E-state index in [2.05, 4.69) is 11.5 Å². The van der Waals surface area contributed by atoms with Crippen LogP contribution in [0.25, 0.3) is 0 Å². The number of likely N-dealkylation sites (tertiary alicyclic amines) is 1. The Bertz CT molecular complexity index is 169. The molecule has 1 heterocycles. The first kappa shape index (κ1) is 9.30. The van der Waals surface area contributed by atoms with Crippen LogP contribution >= 0.6 is 0 Å². The van der Waals surface area contributed by atoms with Crippen molar-refractivity contribution in [2.45, 2.75) is 26.2 Å². The Morgan fingerprint density at radius 1 is 1.58 bits per heavy atom. The molecule has 0 unspecified atom stereocenters. The van der Waals surface area contributed by atoms with Crippen molar-refractivity contribution in [3.8, 4) is 0 Å². The van der Waals surface area contributed by atoms with E-state index in [0.717, 1.165) is 44.3 Å². The lowest BCUT2D eigenvalue weighted by molar-refractivity contribution is -0.108. The summed E-state index contributed by atoms with van der Waals surface area (Å²) in [6, 6.07) is 0. The maximum Gasteiger partial charge on any atom is 0.120 e. The van der Waals surface area contributed by atoms with Gasteiger partial charge in [0.1, 0.15) is 6.29 Å². The number of nitrogens with zero attached hydrogens (tertiary/aromatic N) is 1. The Balaban J connectivity index is 2.29. The number of allylic oxidation sites excluding steroid dienone is 1. The molecule has 0 spiro atoms. The molecule has 0 aliphatic carbocycles. The number of piperidine rings is 1. The van der Waals surface area contributed by atoms with E-state index in [-0.39, 0.29) is 0 Å². The Morgan fingerprint density at radius 3 is 2.58 bits per heavy atom. The van der Waals surface area contributed by atoms with Gasteiger partial charge < -0.3 is 9.69 Å². The molecule has 0 aromatic carbocycles. The van der Waals surface area contributed by atoms with E-state index in [1.54, 1.807) is 0 Å². The number of carbonyl (C=O) groups excluding carboxylic acids is 1. The zero-order valence-corrected chi connectivity index (χ0v) is 7.75. The minimum atomic E-state index is 0.623. The molecule has 0 radical (unpaired) electrons. The normalized spacial score (nSPS) is 19.2. The van der Waals surface area contributed by atoms with Gasteiger partial charge in [-0.15, -0.1) is 0 Å². The first-order valence-corrected chi connectivity index (χ1v) is 4.58. The predicted molar refractivity (Wildman–Crippen MR) is 49.8 cm³/mol. The molecule has 0 amide bonds. The van der Waals surface area contributed by atoms with Gasteiger partial charge in [-0.3, -0.25) is 0 Å². The second-order valence-corrected chi connectivity index (χ2v) is 3.57. The molecule has 2 heteroatoms. The molecule has 1 aliphatic heterocycles. The summed E-state index contributed by atoms with van der Waals surface area (Å²) >= 11 is 0. The average molecular weight is 167 g/mol. The third kappa shape index (κ3) is 2.36. The highest BCUT2D eigenvalue weighted by molar-refractivity contribution is 5.49. The van der Waals surface area contributed by atoms with Crippen LogP contribution in [0.3, 0.4) is 0 Å². The Morgan fingerprint density at radius 2 is 2.17 bits per heavy atom. The molecule has 0 aromatic heterocycles. The number of hydrogen-bond acceptors (Lipinski definition) is 2. The first-order valence-electron chi connectivity index (χ1n) is 4.58. The first-order chi connectivity index (χ1) is 5.74. The lowest BCUT2D eigenvalue weighted by Crippen LogP contribution is -2.32. The van der Waals surface area contributed by atoms with Crippen molar-refractivity contribution >= 4 is 6.29 Å². The molecular weight excluding hydrogens is 150 g/mol. The van der Waals surface area contributed by atoms with E-state index in [1.165, 1.54) is 0 Å². The van der Waals surface area contributed by atoms with E-state index in [0.29, 0.717) is 5.92 Å². The second-order valence-electron chi connectivity index (χ2n) is 3.57. The van der Waals surface area contributed by atoms with Crippen molar-refractivity contribution in [1.29, 1.82) is 0 Å². The van der Waals surface area contributed by atoms with E-state index in [9.17, 15) is 4.79 Å². The fraction of sp³-hybridized carbons (Fsp3) is 0.700. The van der Waals surface area contributed by atoms with Crippen molar-refractivity contribution in [3.05, 3.63) is 12.3 Å². The summed E-state index contributed by atoms with van der Waals surface area (Å²) in [4.78, 5) is 12.6. The number of aldehydes is 1. The smallest absolute Gasteiger partial charge is 0.120 e. The molecule has 1 fully saturated rings. The molecule has 1 aliphatic rings. The summed E-state index contributed by atoms with van der Waals surface area (Å²) in [5.74, 6) is 0.623. The molecule has 0 aromatic rings. The highest BCUT2D eigenvalue weighted by Gasteiger charge is 2.17. The second kappa shape index (κ2) is 4.29. The Labute approximate surface area is 74.2 Å². The summed E-state index contributed by atoms with van der Waals surface area (Å²) in [7, 11) is 0. The van der Waals surface area contributed by atoms with Gasteiger partial charge in [0.15, 0.2) is 0 Å². The maximum absolute atomic E-state index is 10.3. The van der Waals surface area contributed by atoms with Gasteiger partial charge in [0, 0.05) is 25.2 Å². The highest BCUT2D eigenvalue weighted by atomic mass is 16.1. The van der Waals surface area contributed by atoms with Gasteiger partial charge in [0.05, 0.1) is 0 Å². The average Bonchev–Trinajstić information content (AvgIpc) is 2.06. The molecule has 0 bridgehead atoms. The molecule has 1 saturated heterocycles. The van der Waals surface area contributed by atoms with E-state index in [1.807, 2.05) is 6.92 Å². The van der Waals surface area contributed by atoms with Crippen molar-refractivity contribution in [2.24, 2.45) is 5.92 Å². The summed E-state index contributed by atoms with van der Waals surface area (Å²) in [6.07, 6.45) is 4.07. The summed E-state index contributed by atoms with van der Waals surface area (Å²) < 4.78 is 0. The maximum atomic E-state index is 10.3. The molecule has 0 atom stereocenters. The largest absolute Gasteiger partial charge is 0.376 e. The molecular formula is C10H17NO. The SMILES string of the molecule is C=C(C)N1CCC(CC=O)CC1. The Hall–Kier alpha value is -0.790. The third-order valence-corrected chi connectivity index (χ3v) is 2.58. The molecule has 0 N–H and O–H groups in total. The zero-order chi connectivity index (χ0) is 8.97. The van der Waals surface area contributed by atoms with Gasteiger partial charge in [-0.25, -0.2) is 0 Å². The van der Waals surface area contributed by atoms with Crippen molar-refractivity contribution in [2.75, 3.05) is 13.1 Å². The predicted octanol–water partition coefficient (Wildman–Crippen LogP) is 1.82. The van der Waals surface area contributed by atoms with Gasteiger partial charge in [0.25, 0.3) is 0 Å². The van der Waals surface area contributed by atoms with Crippen molar-refractivity contribution in [3.63, 3.8) is 0 Å². The zero-order valence-electron chi connectivity index (χ0n) is 7.75. The van der Waals surface area contributed by atoms with Gasteiger partial charge in [-0.05, 0) is 25.7 Å². The fourth-order valence-corrected chi connectivity index (χ4v) is 1.69. The van der Waals surface area contributed by atoms with Gasteiger partial charge >= 0.3 is 0 Å². The molecule has 0 saturated carbocycles. The number of hydrogen-bond donors (Lipinski definition) is 0. The van der Waals surface area contributed by atoms with Crippen LogP contribution in [0.4, 0.5) is 0 Å². The molecule has 2 nitrogen and oxygen atoms in total. The lowest BCUT2D eigenvalue weighted by atomic mass is 9.94. The highest BCUT2D eigenvalue weighted by Crippen LogP contribution is 2.21. The van der Waals surface area contributed by atoms with E-state index >= 15 is 0 Å². The standard InChI is InChI=1S/C10H17NO/c1-9(2)11-6-3-10(4-7-11)5-8-12/h8,10H,1,3-7H2,2H3. The van der Waals surface area contributed by atoms with Gasteiger partial charge in [-0.2, -0.15) is 0 Å².